The van der Waals surface area contributed by atoms with E-state index in [9.17, 15) is 13.0 Å². The smallest absolute Gasteiger partial charge is 0.282 e. The predicted molar refractivity (Wildman–Crippen MR) is 91.8 cm³/mol. The van der Waals surface area contributed by atoms with E-state index < -0.39 is 10.1 Å². The number of hydrogen-bond acceptors (Lipinski definition) is 2. The Kier molecular flexibility index (Phi) is 13.8. The molecule has 0 unspecified atom stereocenters. The Morgan fingerprint density at radius 3 is 1.83 bits per heavy atom. The van der Waals surface area contributed by atoms with Crippen LogP contribution in [-0.4, -0.2) is 13.0 Å². The van der Waals surface area contributed by atoms with Crippen LogP contribution in [0.1, 0.15) is 76.7 Å². The summed E-state index contributed by atoms with van der Waals surface area (Å²) in [4.78, 5) is 0.0610. The molecule has 0 spiro atoms. The van der Waals surface area contributed by atoms with Crippen molar-refractivity contribution >= 4 is 10.1 Å². The molecule has 0 bridgehead atoms. The largest absolute Gasteiger partial charge is 0.294 e. The average molecular weight is 465 g/mol. The van der Waals surface area contributed by atoms with Crippen molar-refractivity contribution < 1.29 is 48.6 Å². The third kappa shape index (κ3) is 10.7. The molecule has 0 saturated carbocycles. The predicted octanol–water partition coefficient (Wildman–Crippen LogP) is 5.40. The Bertz CT molecular complexity index is 515. The molecule has 0 saturated heterocycles. The van der Waals surface area contributed by atoms with Crippen LogP contribution in [0, 0.1) is 35.6 Å². The van der Waals surface area contributed by atoms with Crippen molar-refractivity contribution in [3.8, 4) is 0 Å². The van der Waals surface area contributed by atoms with Crippen molar-refractivity contribution in [3.05, 3.63) is 29.8 Å². The Balaban J connectivity index is 0.00000484. The van der Waals surface area contributed by atoms with Crippen LogP contribution in [0.5, 0.6) is 0 Å². The maximum Gasteiger partial charge on any atom is 0.294 e. The van der Waals surface area contributed by atoms with E-state index in [1.807, 2.05) is 6.07 Å². The van der Waals surface area contributed by atoms with Gasteiger partial charge in [-0.2, -0.15) is 8.42 Å². The zero-order valence-corrected chi connectivity index (χ0v) is 18.8. The molecule has 129 valence electrons. The Hall–Kier alpha value is 0.325. The van der Waals surface area contributed by atoms with Crippen molar-refractivity contribution in [2.45, 2.75) is 82.4 Å². The summed E-state index contributed by atoms with van der Waals surface area (Å²) in [5, 5.41) is 0. The maximum atomic E-state index is 11.3. The van der Waals surface area contributed by atoms with Gasteiger partial charge in [0.25, 0.3) is 10.1 Å². The van der Waals surface area contributed by atoms with Crippen molar-refractivity contribution in [2.75, 3.05) is 0 Å². The zero-order chi connectivity index (χ0) is 16.3. The molecule has 3 nitrogen and oxygen atoms in total. The van der Waals surface area contributed by atoms with E-state index in [1.165, 1.54) is 57.4 Å². The fourth-order valence-electron chi connectivity index (χ4n) is 2.76. The second-order valence-electron chi connectivity index (χ2n) is 6.01. The minimum Gasteiger partial charge on any atom is -0.282 e. The second-order valence-corrected chi connectivity index (χ2v) is 7.40. The molecular weight excluding hydrogens is 435 g/mol. The molecule has 5 heteroatoms. The van der Waals surface area contributed by atoms with Gasteiger partial charge in [-0.3, -0.25) is 4.55 Å². The second kappa shape index (κ2) is 13.6. The number of unbranched alkanes of at least 4 members (excludes halogenated alkanes) is 9. The third-order valence-corrected chi connectivity index (χ3v) is 5.00. The van der Waals surface area contributed by atoms with E-state index in [2.05, 4.69) is 6.92 Å². The van der Waals surface area contributed by atoms with Crippen molar-refractivity contribution in [2.24, 2.45) is 0 Å². The summed E-state index contributed by atoms with van der Waals surface area (Å²) in [5.74, 6) is 0. The molecule has 1 N–H and O–H groups in total. The average Bonchev–Trinajstić information content (AvgIpc) is 2.48. The van der Waals surface area contributed by atoms with Crippen LogP contribution in [0.4, 0.5) is 0 Å². The molecule has 0 aromatic heterocycles. The van der Waals surface area contributed by atoms with Crippen molar-refractivity contribution in [3.63, 3.8) is 0 Å². The monoisotopic (exact) mass is 465 g/mol. The minimum atomic E-state index is -4.10. The van der Waals surface area contributed by atoms with Gasteiger partial charge in [0.05, 0.1) is 4.90 Å². The number of rotatable bonds is 12. The summed E-state index contributed by atoms with van der Waals surface area (Å²) in [6, 6.07) is 6.73. The van der Waals surface area contributed by atoms with Crippen LogP contribution >= 0.6 is 0 Å². The molecule has 0 atom stereocenters. The van der Waals surface area contributed by atoms with Crippen molar-refractivity contribution in [1.29, 1.82) is 0 Å². The molecule has 1 aromatic rings. The van der Waals surface area contributed by atoms with E-state index in [0.29, 0.717) is 6.42 Å². The van der Waals surface area contributed by atoms with Crippen LogP contribution in [-0.2, 0) is 16.5 Å². The molecule has 1 rings (SSSR count). The number of benzene rings is 1. The van der Waals surface area contributed by atoms with Gasteiger partial charge < -0.3 is 0 Å². The van der Waals surface area contributed by atoms with Crippen LogP contribution in [0.2, 0.25) is 0 Å². The number of aryl methyl sites for hydroxylation is 1. The Morgan fingerprint density at radius 2 is 1.30 bits per heavy atom. The molecule has 0 aliphatic rings. The van der Waals surface area contributed by atoms with Crippen LogP contribution < -0.4 is 0 Å². The molecule has 0 fully saturated rings. The fraction of sp³-hybridized carbons (Fsp3) is 0.667. The topological polar surface area (TPSA) is 54.4 Å². The van der Waals surface area contributed by atoms with Gasteiger partial charge in [0, 0.05) is 35.6 Å². The standard InChI is InChI=1S/C18H30O3S.La/c1-2-3-4-5-6-7-8-9-10-11-14-17-15-12-13-16-18(17)22(19,20)21;/h12-13,15-16H,2-11,14H2,1H3,(H,19,20,21);. The number of hydrogen-bond donors (Lipinski definition) is 1. The van der Waals surface area contributed by atoms with E-state index in [4.69, 9.17) is 0 Å². The Morgan fingerprint density at radius 1 is 0.826 bits per heavy atom. The van der Waals surface area contributed by atoms with Gasteiger partial charge in [0.2, 0.25) is 0 Å². The first-order chi connectivity index (χ1) is 10.6. The van der Waals surface area contributed by atoms with Gasteiger partial charge in [0.15, 0.2) is 0 Å². The van der Waals surface area contributed by atoms with E-state index >= 15 is 0 Å². The van der Waals surface area contributed by atoms with Gasteiger partial charge in [-0.1, -0.05) is 82.9 Å². The zero-order valence-electron chi connectivity index (χ0n) is 14.3. The van der Waals surface area contributed by atoms with Crippen LogP contribution in [0.3, 0.4) is 0 Å². The van der Waals surface area contributed by atoms with Crippen LogP contribution in [0.15, 0.2) is 29.2 Å². The van der Waals surface area contributed by atoms with Gasteiger partial charge in [0.1, 0.15) is 0 Å². The summed E-state index contributed by atoms with van der Waals surface area (Å²) < 4.78 is 31.8. The Labute approximate surface area is 170 Å². The molecular formula is C18H30LaO3S. The van der Waals surface area contributed by atoms with Gasteiger partial charge in [-0.25, -0.2) is 0 Å². The molecule has 0 amide bonds. The van der Waals surface area contributed by atoms with Gasteiger partial charge in [-0.05, 0) is 24.5 Å². The SMILES string of the molecule is CCCCCCCCCCCCc1ccccc1S(=O)(=O)O.[La]. The summed E-state index contributed by atoms with van der Waals surface area (Å²) in [7, 11) is -4.10. The van der Waals surface area contributed by atoms with E-state index in [0.717, 1.165) is 18.4 Å². The van der Waals surface area contributed by atoms with Crippen molar-refractivity contribution in [1.82, 2.24) is 0 Å². The maximum absolute atomic E-state index is 11.3. The van der Waals surface area contributed by atoms with Gasteiger partial charge in [-0.15, -0.1) is 0 Å². The minimum absolute atomic E-state index is 0. The van der Waals surface area contributed by atoms with E-state index in [1.54, 1.807) is 12.1 Å². The molecule has 1 aromatic carbocycles. The summed E-state index contributed by atoms with van der Waals surface area (Å²) >= 11 is 0. The van der Waals surface area contributed by atoms with Crippen LogP contribution in [0.25, 0.3) is 0 Å². The molecule has 23 heavy (non-hydrogen) atoms. The quantitative estimate of drug-likeness (QED) is 0.332. The van der Waals surface area contributed by atoms with E-state index in [-0.39, 0.29) is 40.5 Å². The third-order valence-electron chi connectivity index (χ3n) is 4.05. The summed E-state index contributed by atoms with van der Waals surface area (Å²) in [5.41, 5.74) is 0.726. The molecule has 1 radical (unpaired) electrons. The molecule has 0 heterocycles. The first kappa shape index (κ1) is 23.3. The molecule has 0 aliphatic carbocycles. The first-order valence-electron chi connectivity index (χ1n) is 8.61. The van der Waals surface area contributed by atoms with Gasteiger partial charge >= 0.3 is 0 Å². The molecule has 0 aliphatic heterocycles. The summed E-state index contributed by atoms with van der Waals surface area (Å²) in [6.07, 6.45) is 13.3. The fourth-order valence-corrected chi connectivity index (χ4v) is 3.52. The first-order valence-corrected chi connectivity index (χ1v) is 10.0. The normalized spacial score (nSPS) is 11.2. The summed E-state index contributed by atoms with van der Waals surface area (Å²) in [6.45, 7) is 2.24.